The van der Waals surface area contributed by atoms with E-state index in [2.05, 4.69) is 55.9 Å². The molecule has 1 fully saturated rings. The number of para-hydroxylation sites is 1. The van der Waals surface area contributed by atoms with E-state index in [-0.39, 0.29) is 0 Å². The summed E-state index contributed by atoms with van der Waals surface area (Å²) in [7, 11) is 0. The Hall–Kier alpha value is -3.21. The Bertz CT molecular complexity index is 1150. The summed E-state index contributed by atoms with van der Waals surface area (Å²) in [6.07, 6.45) is 4.03. The molecule has 1 atom stereocenters. The molecule has 0 aliphatic carbocycles. The summed E-state index contributed by atoms with van der Waals surface area (Å²) in [5.74, 6) is 0.453. The van der Waals surface area contributed by atoms with Crippen LogP contribution in [-0.2, 0) is 6.54 Å². The summed E-state index contributed by atoms with van der Waals surface area (Å²) in [6.45, 7) is 3.09. The first-order valence-electron chi connectivity index (χ1n) is 10.1. The number of nitrogens with one attached hydrogen (secondary N) is 2. The lowest BCUT2D eigenvalue weighted by Crippen LogP contribution is -2.34. The molecule has 4 heterocycles. The zero-order valence-corrected chi connectivity index (χ0v) is 17.3. The summed E-state index contributed by atoms with van der Waals surface area (Å²) in [4.78, 5) is 15.0. The zero-order valence-electron chi connectivity index (χ0n) is 16.5. The van der Waals surface area contributed by atoms with Gasteiger partial charge in [-0.1, -0.05) is 18.2 Å². The molecule has 30 heavy (non-hydrogen) atoms. The van der Waals surface area contributed by atoms with Crippen molar-refractivity contribution < 1.29 is 0 Å². The Balaban J connectivity index is 1.24. The molecule has 1 aliphatic rings. The third-order valence-corrected chi connectivity index (χ3v) is 6.33. The minimum atomic E-state index is 0.414. The Morgan fingerprint density at radius 2 is 2.20 bits per heavy atom. The first-order valence-corrected chi connectivity index (χ1v) is 11.0. The molecule has 1 aliphatic heterocycles. The second-order valence-corrected chi connectivity index (χ2v) is 8.56. The Kier molecular flexibility index (Phi) is 5.18. The number of aromatic nitrogens is 3. The monoisotopic (exact) mass is 414 g/mol. The lowest BCUT2D eigenvalue weighted by Gasteiger charge is -2.31. The number of H-pyrrole nitrogens is 1. The van der Waals surface area contributed by atoms with Crippen molar-refractivity contribution in [3.8, 4) is 6.07 Å². The second kappa shape index (κ2) is 8.27. The molecule has 4 aromatic rings. The maximum absolute atomic E-state index is 8.87. The van der Waals surface area contributed by atoms with Crippen molar-refractivity contribution in [2.24, 2.45) is 0 Å². The molecule has 150 valence electrons. The molecule has 3 aromatic heterocycles. The van der Waals surface area contributed by atoms with Gasteiger partial charge in [-0.25, -0.2) is 9.97 Å². The molecule has 1 aromatic carbocycles. The van der Waals surface area contributed by atoms with Crippen molar-refractivity contribution in [2.45, 2.75) is 25.3 Å². The van der Waals surface area contributed by atoms with Crippen LogP contribution in [0.2, 0.25) is 0 Å². The van der Waals surface area contributed by atoms with Gasteiger partial charge in [0, 0.05) is 35.6 Å². The van der Waals surface area contributed by atoms with Crippen LogP contribution in [0.5, 0.6) is 0 Å². The molecular formula is C23H22N6S. The van der Waals surface area contributed by atoms with Gasteiger partial charge in [-0.3, -0.25) is 4.90 Å². The fourth-order valence-electron chi connectivity index (χ4n) is 4.09. The van der Waals surface area contributed by atoms with Crippen molar-refractivity contribution in [3.05, 3.63) is 71.1 Å². The SMILES string of the molecule is N#Cc1ccc(Nc2nc(C3CCCN(Cc4cc5ccccc5[nH]4)C3)cs2)cn1. The van der Waals surface area contributed by atoms with Crippen molar-refractivity contribution in [3.63, 3.8) is 0 Å². The fraction of sp³-hybridized carbons (Fsp3) is 0.261. The zero-order chi connectivity index (χ0) is 20.3. The second-order valence-electron chi connectivity index (χ2n) is 7.70. The molecule has 2 N–H and O–H groups in total. The fourth-order valence-corrected chi connectivity index (χ4v) is 4.90. The van der Waals surface area contributed by atoms with Gasteiger partial charge in [0.25, 0.3) is 0 Å². The maximum atomic E-state index is 8.87. The molecule has 0 radical (unpaired) electrons. The smallest absolute Gasteiger partial charge is 0.187 e. The number of nitrogens with zero attached hydrogens (tertiary/aromatic N) is 4. The van der Waals surface area contributed by atoms with Gasteiger partial charge in [0.2, 0.25) is 0 Å². The van der Waals surface area contributed by atoms with Crippen LogP contribution in [0.4, 0.5) is 10.8 Å². The van der Waals surface area contributed by atoms with E-state index in [9.17, 15) is 0 Å². The van der Waals surface area contributed by atoms with Crippen molar-refractivity contribution in [2.75, 3.05) is 18.4 Å². The molecular weight excluding hydrogens is 392 g/mol. The highest BCUT2D eigenvalue weighted by Crippen LogP contribution is 2.31. The summed E-state index contributed by atoms with van der Waals surface area (Å²) in [5, 5.41) is 16.5. The maximum Gasteiger partial charge on any atom is 0.187 e. The Labute approximate surface area is 179 Å². The molecule has 0 saturated carbocycles. The molecule has 1 saturated heterocycles. The van der Waals surface area contributed by atoms with E-state index < -0.39 is 0 Å². The average molecular weight is 415 g/mol. The number of benzene rings is 1. The number of hydrogen-bond donors (Lipinski definition) is 2. The molecule has 7 heteroatoms. The Morgan fingerprint density at radius 1 is 1.27 bits per heavy atom. The third kappa shape index (κ3) is 4.06. The summed E-state index contributed by atoms with van der Waals surface area (Å²) < 4.78 is 0. The van der Waals surface area contributed by atoms with E-state index in [1.807, 2.05) is 12.1 Å². The quantitative estimate of drug-likeness (QED) is 0.480. The lowest BCUT2D eigenvalue weighted by atomic mass is 9.95. The van der Waals surface area contributed by atoms with Gasteiger partial charge in [0.15, 0.2) is 5.13 Å². The number of hydrogen-bond acceptors (Lipinski definition) is 6. The predicted molar refractivity (Wildman–Crippen MR) is 120 cm³/mol. The van der Waals surface area contributed by atoms with Crippen molar-refractivity contribution >= 4 is 33.1 Å². The van der Waals surface area contributed by atoms with Crippen LogP contribution in [0.25, 0.3) is 10.9 Å². The predicted octanol–water partition coefficient (Wildman–Crippen LogP) is 5.01. The van der Waals surface area contributed by atoms with Crippen LogP contribution in [0.3, 0.4) is 0 Å². The highest BCUT2D eigenvalue weighted by atomic mass is 32.1. The number of pyridine rings is 1. The van der Waals surface area contributed by atoms with Crippen LogP contribution < -0.4 is 5.32 Å². The number of rotatable bonds is 5. The van der Waals surface area contributed by atoms with E-state index in [1.165, 1.54) is 29.4 Å². The highest BCUT2D eigenvalue weighted by Gasteiger charge is 2.24. The van der Waals surface area contributed by atoms with Crippen LogP contribution in [-0.4, -0.2) is 32.9 Å². The number of piperidine rings is 1. The van der Waals surface area contributed by atoms with Crippen LogP contribution >= 0.6 is 11.3 Å². The van der Waals surface area contributed by atoms with Gasteiger partial charge in [-0.05, 0) is 49.0 Å². The standard InChI is InChI=1S/C23H22N6S/c24-11-18-7-8-19(12-25-18)27-23-28-22(15-30-23)17-5-3-9-29(13-17)14-20-10-16-4-1-2-6-21(16)26-20/h1-2,4,6-8,10,12,15,17,26H,3,5,9,13-14H2,(H,27,28). The molecule has 0 spiro atoms. The number of thiazole rings is 1. The molecule has 5 rings (SSSR count). The number of nitriles is 1. The summed E-state index contributed by atoms with van der Waals surface area (Å²) in [5.41, 5.74) is 4.89. The number of aromatic amines is 1. The Morgan fingerprint density at radius 3 is 3.03 bits per heavy atom. The van der Waals surface area contributed by atoms with Gasteiger partial charge in [0.1, 0.15) is 11.8 Å². The van der Waals surface area contributed by atoms with Gasteiger partial charge in [-0.15, -0.1) is 11.3 Å². The number of fused-ring (bicyclic) bond motifs is 1. The number of likely N-dealkylation sites (tertiary alicyclic amines) is 1. The lowest BCUT2D eigenvalue weighted by molar-refractivity contribution is 0.197. The van der Waals surface area contributed by atoms with E-state index in [4.69, 9.17) is 10.2 Å². The average Bonchev–Trinajstić information content (AvgIpc) is 3.41. The van der Waals surface area contributed by atoms with Gasteiger partial charge in [0.05, 0.1) is 17.6 Å². The van der Waals surface area contributed by atoms with Gasteiger partial charge < -0.3 is 10.3 Å². The topological polar surface area (TPSA) is 80.6 Å². The minimum absolute atomic E-state index is 0.414. The minimum Gasteiger partial charge on any atom is -0.357 e. The summed E-state index contributed by atoms with van der Waals surface area (Å²) >= 11 is 1.62. The molecule has 6 nitrogen and oxygen atoms in total. The van der Waals surface area contributed by atoms with Crippen LogP contribution in [0.1, 0.15) is 35.8 Å². The van der Waals surface area contributed by atoms with E-state index in [1.54, 1.807) is 23.6 Å². The molecule has 0 amide bonds. The van der Waals surface area contributed by atoms with E-state index >= 15 is 0 Å². The molecule has 0 bridgehead atoms. The van der Waals surface area contributed by atoms with E-state index in [0.717, 1.165) is 36.1 Å². The normalized spacial score (nSPS) is 17.1. The molecule has 1 unspecified atom stereocenters. The number of anilines is 2. The van der Waals surface area contributed by atoms with Crippen LogP contribution in [0, 0.1) is 11.3 Å². The van der Waals surface area contributed by atoms with E-state index in [0.29, 0.717) is 11.6 Å². The first kappa shape index (κ1) is 18.8. The van der Waals surface area contributed by atoms with Gasteiger partial charge >= 0.3 is 0 Å². The van der Waals surface area contributed by atoms with Gasteiger partial charge in [-0.2, -0.15) is 5.26 Å². The van der Waals surface area contributed by atoms with Crippen LogP contribution in [0.15, 0.2) is 54.0 Å². The highest BCUT2D eigenvalue weighted by molar-refractivity contribution is 7.13. The summed E-state index contributed by atoms with van der Waals surface area (Å²) in [6, 6.07) is 16.3. The third-order valence-electron chi connectivity index (χ3n) is 5.55. The largest absolute Gasteiger partial charge is 0.357 e. The van der Waals surface area contributed by atoms with Crippen molar-refractivity contribution in [1.29, 1.82) is 5.26 Å². The van der Waals surface area contributed by atoms with Crippen molar-refractivity contribution in [1.82, 2.24) is 19.9 Å². The first-order chi connectivity index (χ1) is 14.8.